The summed E-state index contributed by atoms with van der Waals surface area (Å²) in [7, 11) is 1.67. The second-order valence-electron chi connectivity index (χ2n) is 6.82. The van der Waals surface area contributed by atoms with Gasteiger partial charge in [0.25, 0.3) is 0 Å². The number of ether oxygens (including phenoxy) is 1. The molecule has 0 amide bonds. The van der Waals surface area contributed by atoms with Gasteiger partial charge < -0.3 is 10.1 Å². The first kappa shape index (κ1) is 22.7. The molecule has 2 aromatic heterocycles. The van der Waals surface area contributed by atoms with E-state index in [2.05, 4.69) is 20.3 Å². The summed E-state index contributed by atoms with van der Waals surface area (Å²) in [5, 5.41) is 5.26. The van der Waals surface area contributed by atoms with E-state index in [0.29, 0.717) is 16.5 Å². The van der Waals surface area contributed by atoms with Gasteiger partial charge in [-0.05, 0) is 30.7 Å². The molecule has 2 heterocycles. The number of alkyl halides is 3. The van der Waals surface area contributed by atoms with Crippen LogP contribution >= 0.6 is 11.3 Å². The molecule has 1 aromatic carbocycles. The molecule has 3 rings (SSSR count). The summed E-state index contributed by atoms with van der Waals surface area (Å²) in [5.74, 6) is -0.158. The van der Waals surface area contributed by atoms with E-state index >= 15 is 0 Å². The lowest BCUT2D eigenvalue weighted by atomic mass is 10.1. The van der Waals surface area contributed by atoms with Gasteiger partial charge in [-0.15, -0.1) is 11.3 Å². The maximum absolute atomic E-state index is 13.5. The molecular weight excluding hydrogens is 425 g/mol. The number of halogens is 3. The average Bonchev–Trinajstić information content (AvgIpc) is 3.20. The third-order valence-corrected chi connectivity index (χ3v) is 5.14. The van der Waals surface area contributed by atoms with Crippen molar-refractivity contribution in [1.82, 2.24) is 9.97 Å². The van der Waals surface area contributed by atoms with E-state index in [9.17, 15) is 13.2 Å². The number of nitrogens with one attached hydrogen (secondary N) is 1. The Labute approximate surface area is 183 Å². The Balaban J connectivity index is 1.77. The van der Waals surface area contributed by atoms with Crippen molar-refractivity contribution < 1.29 is 17.9 Å². The molecule has 0 saturated heterocycles. The molecule has 0 aliphatic carbocycles. The predicted octanol–water partition coefficient (Wildman–Crippen LogP) is 6.59. The molecule has 0 fully saturated rings. The molecule has 0 bridgehead atoms. The van der Waals surface area contributed by atoms with Crippen molar-refractivity contribution in [3.05, 3.63) is 53.2 Å². The normalized spacial score (nSPS) is 11.8. The van der Waals surface area contributed by atoms with Crippen LogP contribution in [0.1, 0.15) is 37.3 Å². The van der Waals surface area contributed by atoms with E-state index < -0.39 is 11.7 Å². The molecule has 5 nitrogen and oxygen atoms in total. The fraction of sp³-hybridized carbons (Fsp3) is 0.318. The van der Waals surface area contributed by atoms with Gasteiger partial charge in [-0.25, -0.2) is 4.98 Å². The van der Waals surface area contributed by atoms with E-state index in [4.69, 9.17) is 4.74 Å². The zero-order chi connectivity index (χ0) is 22.3. The zero-order valence-corrected chi connectivity index (χ0v) is 18.1. The number of aliphatic imine (C=N–C) groups is 1. The van der Waals surface area contributed by atoms with Gasteiger partial charge >= 0.3 is 6.18 Å². The molecule has 164 valence electrons. The number of hydrogen-bond acceptors (Lipinski definition) is 6. The monoisotopic (exact) mass is 448 g/mol. The highest BCUT2D eigenvalue weighted by Gasteiger charge is 2.34. The van der Waals surface area contributed by atoms with Crippen LogP contribution in [0.4, 0.5) is 24.0 Å². The predicted molar refractivity (Wildman–Crippen MR) is 119 cm³/mol. The SMILES string of the molecule is CCCCCOc1ccc(Nc2nc(-c3cncc(C=NC)c3)cs2)cc1C(F)(F)F. The molecule has 0 aliphatic rings. The lowest BCUT2D eigenvalue weighted by molar-refractivity contribution is -0.138. The number of anilines is 2. The van der Waals surface area contributed by atoms with Crippen LogP contribution in [0.5, 0.6) is 5.75 Å². The largest absolute Gasteiger partial charge is 0.493 e. The summed E-state index contributed by atoms with van der Waals surface area (Å²) in [4.78, 5) is 12.6. The first-order chi connectivity index (χ1) is 14.9. The number of thiazole rings is 1. The molecule has 9 heteroatoms. The molecule has 0 saturated carbocycles. The Morgan fingerprint density at radius 3 is 2.77 bits per heavy atom. The van der Waals surface area contributed by atoms with Crippen LogP contribution in [0.3, 0.4) is 0 Å². The van der Waals surface area contributed by atoms with Crippen molar-refractivity contribution in [2.45, 2.75) is 32.4 Å². The van der Waals surface area contributed by atoms with Crippen molar-refractivity contribution in [2.75, 3.05) is 19.0 Å². The maximum atomic E-state index is 13.5. The van der Waals surface area contributed by atoms with Gasteiger partial charge in [-0.1, -0.05) is 19.8 Å². The molecule has 0 unspecified atom stereocenters. The number of unbranched alkanes of at least 4 members (excludes halogenated alkanes) is 2. The van der Waals surface area contributed by atoms with Gasteiger partial charge in [0.1, 0.15) is 5.75 Å². The smallest absolute Gasteiger partial charge is 0.420 e. The number of nitrogens with zero attached hydrogens (tertiary/aromatic N) is 3. The minimum atomic E-state index is -4.52. The van der Waals surface area contributed by atoms with E-state index in [-0.39, 0.29) is 12.4 Å². The first-order valence-electron chi connectivity index (χ1n) is 9.85. The highest BCUT2D eigenvalue weighted by atomic mass is 32.1. The van der Waals surface area contributed by atoms with Gasteiger partial charge in [0, 0.05) is 47.9 Å². The number of pyridine rings is 1. The minimum Gasteiger partial charge on any atom is -0.493 e. The topological polar surface area (TPSA) is 59.4 Å². The van der Waals surface area contributed by atoms with Crippen molar-refractivity contribution >= 4 is 28.4 Å². The summed E-state index contributed by atoms with van der Waals surface area (Å²) >= 11 is 1.30. The Morgan fingerprint density at radius 2 is 2.03 bits per heavy atom. The Morgan fingerprint density at radius 1 is 1.19 bits per heavy atom. The summed E-state index contributed by atoms with van der Waals surface area (Å²) < 4.78 is 46.0. The molecule has 0 radical (unpaired) electrons. The summed E-state index contributed by atoms with van der Waals surface area (Å²) in [5.41, 5.74) is 1.80. The lowest BCUT2D eigenvalue weighted by Crippen LogP contribution is -2.10. The minimum absolute atomic E-state index is 0.158. The second kappa shape index (κ2) is 10.4. The van der Waals surface area contributed by atoms with E-state index in [1.54, 1.807) is 31.7 Å². The maximum Gasteiger partial charge on any atom is 0.420 e. The van der Waals surface area contributed by atoms with Crippen LogP contribution in [-0.4, -0.2) is 29.8 Å². The van der Waals surface area contributed by atoms with Crippen LogP contribution in [0.15, 0.2) is 47.0 Å². The standard InChI is InChI=1S/C22H23F3N4OS/c1-3-4-5-8-30-20-7-6-17(10-18(20)22(23,24)25)28-21-29-19(14-31-21)16-9-15(11-26-2)12-27-13-16/h6-7,9-14H,3-5,8H2,1-2H3,(H,28,29). The highest BCUT2D eigenvalue weighted by molar-refractivity contribution is 7.14. The van der Waals surface area contributed by atoms with Crippen molar-refractivity contribution in [3.63, 3.8) is 0 Å². The molecule has 0 spiro atoms. The van der Waals surface area contributed by atoms with Crippen LogP contribution < -0.4 is 10.1 Å². The highest BCUT2D eigenvalue weighted by Crippen LogP contribution is 2.39. The fourth-order valence-corrected chi connectivity index (χ4v) is 3.63. The van der Waals surface area contributed by atoms with Gasteiger partial charge in [-0.3, -0.25) is 9.98 Å². The van der Waals surface area contributed by atoms with E-state index in [1.165, 1.54) is 17.4 Å². The van der Waals surface area contributed by atoms with Crippen molar-refractivity contribution in [2.24, 2.45) is 4.99 Å². The Bertz CT molecular complexity index is 1030. The molecule has 3 aromatic rings. The second-order valence-corrected chi connectivity index (χ2v) is 7.68. The van der Waals surface area contributed by atoms with Crippen LogP contribution in [0, 0.1) is 0 Å². The van der Waals surface area contributed by atoms with Crippen LogP contribution in [0.25, 0.3) is 11.3 Å². The van der Waals surface area contributed by atoms with Crippen LogP contribution in [-0.2, 0) is 6.18 Å². The number of benzene rings is 1. The van der Waals surface area contributed by atoms with E-state index in [0.717, 1.165) is 36.5 Å². The Kier molecular flexibility index (Phi) is 7.62. The number of rotatable bonds is 9. The average molecular weight is 449 g/mol. The first-order valence-corrected chi connectivity index (χ1v) is 10.7. The van der Waals surface area contributed by atoms with Crippen molar-refractivity contribution in [1.29, 1.82) is 0 Å². The van der Waals surface area contributed by atoms with Gasteiger partial charge in [0.15, 0.2) is 5.13 Å². The molecular formula is C22H23F3N4OS. The van der Waals surface area contributed by atoms with Crippen molar-refractivity contribution in [3.8, 4) is 17.0 Å². The van der Waals surface area contributed by atoms with Gasteiger partial charge in [0.2, 0.25) is 0 Å². The summed E-state index contributed by atoms with van der Waals surface area (Å²) in [6.45, 7) is 2.29. The van der Waals surface area contributed by atoms with Crippen LogP contribution in [0.2, 0.25) is 0 Å². The fourth-order valence-electron chi connectivity index (χ4n) is 2.89. The molecule has 1 N–H and O–H groups in total. The third-order valence-electron chi connectivity index (χ3n) is 4.38. The Hall–Kier alpha value is -2.94. The van der Waals surface area contributed by atoms with E-state index in [1.807, 2.05) is 18.4 Å². The number of aromatic nitrogens is 2. The van der Waals surface area contributed by atoms with Gasteiger partial charge in [0.05, 0.1) is 17.9 Å². The molecule has 0 aliphatic heterocycles. The molecule has 0 atom stereocenters. The lowest BCUT2D eigenvalue weighted by Gasteiger charge is -2.15. The van der Waals surface area contributed by atoms with Gasteiger partial charge in [-0.2, -0.15) is 13.2 Å². The summed E-state index contributed by atoms with van der Waals surface area (Å²) in [6, 6.07) is 5.86. The quantitative estimate of drug-likeness (QED) is 0.296. The third kappa shape index (κ3) is 6.27. The number of hydrogen-bond donors (Lipinski definition) is 1. The molecule has 31 heavy (non-hydrogen) atoms. The summed E-state index contributed by atoms with van der Waals surface area (Å²) in [6.07, 6.45) is 3.14. The zero-order valence-electron chi connectivity index (χ0n) is 17.2.